The summed E-state index contributed by atoms with van der Waals surface area (Å²) in [4.78, 5) is 0. The molecule has 2 aliphatic rings. The van der Waals surface area contributed by atoms with Crippen LogP contribution in [0.15, 0.2) is 22.7 Å². The Bertz CT molecular complexity index is 454. The van der Waals surface area contributed by atoms with Gasteiger partial charge in [0.2, 0.25) is 0 Å². The summed E-state index contributed by atoms with van der Waals surface area (Å²) in [6.07, 6.45) is 8.10. The second-order valence-corrected chi connectivity index (χ2v) is 6.89. The molecule has 1 N–H and O–H groups in total. The molecule has 19 heavy (non-hydrogen) atoms. The molecule has 0 aromatic heterocycles. The average molecular weight is 324 g/mol. The zero-order chi connectivity index (χ0) is 13.3. The van der Waals surface area contributed by atoms with Crippen molar-refractivity contribution in [3.8, 4) is 0 Å². The van der Waals surface area contributed by atoms with Crippen molar-refractivity contribution >= 4 is 21.6 Å². The summed E-state index contributed by atoms with van der Waals surface area (Å²) in [5.74, 6) is 0. The molecule has 0 amide bonds. The minimum absolute atomic E-state index is 0.246. The first-order valence-electron chi connectivity index (χ1n) is 7.35. The number of benzene rings is 1. The Morgan fingerprint density at radius 2 is 2.11 bits per heavy atom. The Morgan fingerprint density at radius 3 is 2.89 bits per heavy atom. The quantitative estimate of drug-likeness (QED) is 0.873. The van der Waals surface area contributed by atoms with E-state index in [0.29, 0.717) is 6.10 Å². The molecular formula is C16H22BrNO. The van der Waals surface area contributed by atoms with Gasteiger partial charge in [0.05, 0.1) is 11.7 Å². The van der Waals surface area contributed by atoms with Crippen molar-refractivity contribution in [2.75, 3.05) is 11.9 Å². The predicted molar refractivity (Wildman–Crippen MR) is 82.7 cm³/mol. The third-order valence-electron chi connectivity index (χ3n) is 4.50. The molecule has 1 saturated heterocycles. The van der Waals surface area contributed by atoms with Gasteiger partial charge in [0, 0.05) is 16.7 Å². The normalized spacial score (nSPS) is 25.1. The van der Waals surface area contributed by atoms with E-state index in [0.717, 1.165) is 11.0 Å². The summed E-state index contributed by atoms with van der Waals surface area (Å²) in [5, 5.41) is 3.53. The van der Waals surface area contributed by atoms with Gasteiger partial charge in [-0.25, -0.2) is 0 Å². The fourth-order valence-electron chi connectivity index (χ4n) is 3.42. The summed E-state index contributed by atoms with van der Waals surface area (Å²) in [6, 6.07) is 6.41. The van der Waals surface area contributed by atoms with Gasteiger partial charge in [0.15, 0.2) is 0 Å². The van der Waals surface area contributed by atoms with Crippen LogP contribution in [0.3, 0.4) is 0 Å². The van der Waals surface area contributed by atoms with Crippen molar-refractivity contribution in [1.29, 1.82) is 0 Å². The van der Waals surface area contributed by atoms with Crippen LogP contribution in [-0.2, 0) is 4.74 Å². The van der Waals surface area contributed by atoms with Crippen LogP contribution in [0.1, 0.15) is 44.1 Å². The SMILES string of the molecule is Cc1ccc(Br)c(NCC2CCC3(CCCC3)O2)c1. The number of hydrogen-bond acceptors (Lipinski definition) is 2. The van der Waals surface area contributed by atoms with Crippen LogP contribution in [0.2, 0.25) is 0 Å². The second-order valence-electron chi connectivity index (χ2n) is 6.03. The van der Waals surface area contributed by atoms with Crippen LogP contribution in [0.5, 0.6) is 0 Å². The average Bonchev–Trinajstić information content (AvgIpc) is 3.02. The van der Waals surface area contributed by atoms with Crippen LogP contribution in [0, 0.1) is 6.92 Å². The number of ether oxygens (including phenoxy) is 1. The number of halogens is 1. The second kappa shape index (κ2) is 5.45. The highest BCUT2D eigenvalue weighted by Gasteiger charge is 2.41. The zero-order valence-electron chi connectivity index (χ0n) is 11.5. The first-order chi connectivity index (χ1) is 9.17. The standard InChI is InChI=1S/C16H22BrNO/c1-12-4-5-14(17)15(10-12)18-11-13-6-9-16(19-13)7-2-3-8-16/h4-5,10,13,18H,2-3,6-9,11H2,1H3. The topological polar surface area (TPSA) is 21.3 Å². The zero-order valence-corrected chi connectivity index (χ0v) is 13.1. The molecule has 0 radical (unpaired) electrons. The van der Waals surface area contributed by atoms with Gasteiger partial charge in [-0.15, -0.1) is 0 Å². The van der Waals surface area contributed by atoms with Gasteiger partial charge >= 0.3 is 0 Å². The smallest absolute Gasteiger partial charge is 0.0756 e. The number of nitrogens with one attached hydrogen (secondary N) is 1. The van der Waals surface area contributed by atoms with Crippen molar-refractivity contribution in [2.24, 2.45) is 0 Å². The molecule has 104 valence electrons. The summed E-state index contributed by atoms with van der Waals surface area (Å²) in [6.45, 7) is 3.04. The molecular weight excluding hydrogens is 302 g/mol. The van der Waals surface area contributed by atoms with Crippen LogP contribution in [-0.4, -0.2) is 18.2 Å². The summed E-state index contributed by atoms with van der Waals surface area (Å²) < 4.78 is 7.46. The van der Waals surface area contributed by atoms with E-state index >= 15 is 0 Å². The van der Waals surface area contributed by atoms with Gasteiger partial charge in [0.25, 0.3) is 0 Å². The van der Waals surface area contributed by atoms with Gasteiger partial charge < -0.3 is 10.1 Å². The highest BCUT2D eigenvalue weighted by molar-refractivity contribution is 9.10. The number of aryl methyl sites for hydroxylation is 1. The first-order valence-corrected chi connectivity index (χ1v) is 8.14. The molecule has 1 heterocycles. The lowest BCUT2D eigenvalue weighted by molar-refractivity contribution is -0.0307. The minimum Gasteiger partial charge on any atom is -0.382 e. The van der Waals surface area contributed by atoms with Crippen molar-refractivity contribution in [3.63, 3.8) is 0 Å². The van der Waals surface area contributed by atoms with Crippen molar-refractivity contribution in [2.45, 2.75) is 57.2 Å². The fourth-order valence-corrected chi connectivity index (χ4v) is 3.81. The van der Waals surface area contributed by atoms with Crippen LogP contribution >= 0.6 is 15.9 Å². The van der Waals surface area contributed by atoms with Crippen LogP contribution < -0.4 is 5.32 Å². The minimum atomic E-state index is 0.246. The van der Waals surface area contributed by atoms with Crippen molar-refractivity contribution in [3.05, 3.63) is 28.2 Å². The molecule has 0 bridgehead atoms. The Morgan fingerprint density at radius 1 is 1.32 bits per heavy atom. The Balaban J connectivity index is 1.57. The third kappa shape index (κ3) is 2.97. The maximum absolute atomic E-state index is 6.32. The van der Waals surface area contributed by atoms with E-state index in [1.165, 1.54) is 49.8 Å². The lowest BCUT2D eigenvalue weighted by Crippen LogP contribution is -2.27. The number of anilines is 1. The summed E-state index contributed by atoms with van der Waals surface area (Å²) in [7, 11) is 0. The molecule has 3 heteroatoms. The molecule has 3 rings (SSSR count). The van der Waals surface area contributed by atoms with E-state index < -0.39 is 0 Å². The van der Waals surface area contributed by atoms with E-state index in [1.807, 2.05) is 0 Å². The molecule has 1 atom stereocenters. The monoisotopic (exact) mass is 323 g/mol. The predicted octanol–water partition coefficient (Wildman–Crippen LogP) is 4.66. The Kier molecular flexibility index (Phi) is 3.86. The highest BCUT2D eigenvalue weighted by atomic mass is 79.9. The molecule has 1 aliphatic heterocycles. The van der Waals surface area contributed by atoms with E-state index in [1.54, 1.807) is 0 Å². The Labute approximate surface area is 124 Å². The maximum atomic E-state index is 6.32. The van der Waals surface area contributed by atoms with Gasteiger partial charge in [0.1, 0.15) is 0 Å². The van der Waals surface area contributed by atoms with E-state index in [9.17, 15) is 0 Å². The lowest BCUT2D eigenvalue weighted by Gasteiger charge is -2.24. The van der Waals surface area contributed by atoms with Crippen molar-refractivity contribution in [1.82, 2.24) is 0 Å². The lowest BCUT2D eigenvalue weighted by atomic mass is 9.98. The first kappa shape index (κ1) is 13.4. The molecule has 1 aliphatic carbocycles. The summed E-state index contributed by atoms with van der Waals surface area (Å²) >= 11 is 3.60. The van der Waals surface area contributed by atoms with E-state index in [-0.39, 0.29) is 5.60 Å². The van der Waals surface area contributed by atoms with Crippen LogP contribution in [0.4, 0.5) is 5.69 Å². The molecule has 1 spiro atoms. The molecule has 2 fully saturated rings. The van der Waals surface area contributed by atoms with E-state index in [2.05, 4.69) is 46.4 Å². The van der Waals surface area contributed by atoms with E-state index in [4.69, 9.17) is 4.74 Å². The maximum Gasteiger partial charge on any atom is 0.0756 e. The van der Waals surface area contributed by atoms with Gasteiger partial charge in [-0.05, 0) is 66.2 Å². The largest absolute Gasteiger partial charge is 0.382 e. The third-order valence-corrected chi connectivity index (χ3v) is 5.19. The van der Waals surface area contributed by atoms with Gasteiger partial charge in [-0.2, -0.15) is 0 Å². The number of rotatable bonds is 3. The van der Waals surface area contributed by atoms with Crippen molar-refractivity contribution < 1.29 is 4.74 Å². The van der Waals surface area contributed by atoms with Gasteiger partial charge in [-0.1, -0.05) is 18.9 Å². The number of hydrogen-bond donors (Lipinski definition) is 1. The van der Waals surface area contributed by atoms with Gasteiger partial charge in [-0.3, -0.25) is 0 Å². The molecule has 1 unspecified atom stereocenters. The summed E-state index contributed by atoms with van der Waals surface area (Å²) in [5.41, 5.74) is 2.71. The highest BCUT2D eigenvalue weighted by Crippen LogP contribution is 2.43. The Hall–Kier alpha value is -0.540. The van der Waals surface area contributed by atoms with Crippen LogP contribution in [0.25, 0.3) is 0 Å². The molecule has 1 aromatic carbocycles. The molecule has 1 aromatic rings. The molecule has 1 saturated carbocycles. The molecule has 2 nitrogen and oxygen atoms in total. The fraction of sp³-hybridized carbons (Fsp3) is 0.625.